The molecule has 0 radical (unpaired) electrons. The summed E-state index contributed by atoms with van der Waals surface area (Å²) in [4.78, 5) is 23.3. The number of fused-ring (bicyclic) bond motifs is 2. The highest BCUT2D eigenvalue weighted by Crippen LogP contribution is 2.49. The van der Waals surface area contributed by atoms with E-state index in [2.05, 4.69) is 0 Å². The van der Waals surface area contributed by atoms with E-state index in [0.29, 0.717) is 24.5 Å². The van der Waals surface area contributed by atoms with Crippen molar-refractivity contribution in [2.24, 2.45) is 17.8 Å². The molecule has 4 nitrogen and oxygen atoms in total. The van der Waals surface area contributed by atoms with E-state index in [-0.39, 0.29) is 18.0 Å². The summed E-state index contributed by atoms with van der Waals surface area (Å²) in [6.45, 7) is 0. The first-order valence-electron chi connectivity index (χ1n) is 9.15. The minimum absolute atomic E-state index is 0.0105. The van der Waals surface area contributed by atoms with Crippen LogP contribution >= 0.6 is 0 Å². The third-order valence-electron chi connectivity index (χ3n) is 5.90. The maximum Gasteiger partial charge on any atom is 0.311 e. The van der Waals surface area contributed by atoms with Gasteiger partial charge in [0.1, 0.15) is 11.9 Å². The van der Waals surface area contributed by atoms with E-state index >= 15 is 0 Å². The topological polar surface area (TPSA) is 52.6 Å². The van der Waals surface area contributed by atoms with Crippen molar-refractivity contribution in [2.75, 3.05) is 0 Å². The zero-order valence-electron chi connectivity index (χ0n) is 13.9. The Morgan fingerprint density at radius 1 is 1.12 bits per heavy atom. The van der Waals surface area contributed by atoms with Gasteiger partial charge in [0.15, 0.2) is 0 Å². The van der Waals surface area contributed by atoms with Crippen LogP contribution in [0.15, 0.2) is 24.3 Å². The van der Waals surface area contributed by atoms with Gasteiger partial charge in [-0.25, -0.2) is 0 Å². The van der Waals surface area contributed by atoms with Gasteiger partial charge in [-0.15, -0.1) is 0 Å². The zero-order chi connectivity index (χ0) is 16.5. The molecule has 1 saturated heterocycles. The Hall–Kier alpha value is -1.84. The SMILES string of the molecule is O=C(C[C@H]1C[C@H]2CC[C@H]1C2)Oc1ccc(C[C@H]2CCC(=O)O2)cc1. The number of esters is 2. The number of carbonyl (C=O) groups is 2. The molecule has 0 spiro atoms. The molecule has 1 aromatic rings. The number of cyclic esters (lactones) is 1. The van der Waals surface area contributed by atoms with Crippen LogP contribution in [0.2, 0.25) is 0 Å². The molecule has 1 heterocycles. The Labute approximate surface area is 142 Å². The van der Waals surface area contributed by atoms with Crippen molar-refractivity contribution in [2.45, 2.75) is 57.5 Å². The molecule has 1 aromatic carbocycles. The molecule has 24 heavy (non-hydrogen) atoms. The molecule has 4 heteroatoms. The lowest BCUT2D eigenvalue weighted by molar-refractivity contribution is -0.141. The van der Waals surface area contributed by atoms with Crippen LogP contribution in [-0.4, -0.2) is 18.0 Å². The van der Waals surface area contributed by atoms with E-state index in [1.807, 2.05) is 24.3 Å². The number of rotatable bonds is 5. The van der Waals surface area contributed by atoms with Crippen molar-refractivity contribution in [3.8, 4) is 5.75 Å². The number of hydrogen-bond acceptors (Lipinski definition) is 4. The van der Waals surface area contributed by atoms with Gasteiger partial charge in [-0.1, -0.05) is 18.6 Å². The van der Waals surface area contributed by atoms with Crippen LogP contribution < -0.4 is 4.74 Å². The highest BCUT2D eigenvalue weighted by Gasteiger charge is 2.40. The Morgan fingerprint density at radius 2 is 1.96 bits per heavy atom. The van der Waals surface area contributed by atoms with Crippen molar-refractivity contribution in [1.29, 1.82) is 0 Å². The predicted octanol–water partition coefficient (Wildman–Crippen LogP) is 3.67. The maximum absolute atomic E-state index is 12.2. The number of ether oxygens (including phenoxy) is 2. The highest BCUT2D eigenvalue weighted by molar-refractivity contribution is 5.73. The minimum Gasteiger partial charge on any atom is -0.462 e. The summed E-state index contributed by atoms with van der Waals surface area (Å²) in [7, 11) is 0. The molecule has 4 atom stereocenters. The van der Waals surface area contributed by atoms with Crippen LogP contribution in [0.25, 0.3) is 0 Å². The quantitative estimate of drug-likeness (QED) is 0.611. The minimum atomic E-state index is -0.106. The fourth-order valence-corrected chi connectivity index (χ4v) is 4.70. The van der Waals surface area contributed by atoms with Gasteiger partial charge in [0, 0.05) is 19.3 Å². The van der Waals surface area contributed by atoms with Crippen molar-refractivity contribution < 1.29 is 19.1 Å². The lowest BCUT2D eigenvalue weighted by atomic mass is 9.86. The monoisotopic (exact) mass is 328 g/mol. The van der Waals surface area contributed by atoms with Crippen LogP contribution in [0, 0.1) is 17.8 Å². The Morgan fingerprint density at radius 3 is 2.58 bits per heavy atom. The number of hydrogen-bond donors (Lipinski definition) is 0. The summed E-state index contributed by atoms with van der Waals surface area (Å²) in [5, 5.41) is 0. The largest absolute Gasteiger partial charge is 0.462 e. The van der Waals surface area contributed by atoms with Crippen molar-refractivity contribution in [3.63, 3.8) is 0 Å². The standard InChI is InChI=1S/C20H24O4/c21-19-8-7-18(24-19)11-13-2-5-17(6-3-13)23-20(22)12-16-10-14-1-4-15(16)9-14/h2-3,5-6,14-16,18H,1,4,7-12H2/t14-,15-,16+,18+/m0/s1. The lowest BCUT2D eigenvalue weighted by Gasteiger charge is -2.20. The number of benzene rings is 1. The Bertz CT molecular complexity index is 621. The number of carbonyl (C=O) groups excluding carboxylic acids is 2. The molecule has 2 aliphatic carbocycles. The van der Waals surface area contributed by atoms with Gasteiger partial charge in [0.25, 0.3) is 0 Å². The van der Waals surface area contributed by atoms with Crippen LogP contribution in [-0.2, 0) is 20.7 Å². The van der Waals surface area contributed by atoms with Gasteiger partial charge in [-0.3, -0.25) is 9.59 Å². The molecule has 3 fully saturated rings. The molecular weight excluding hydrogens is 304 g/mol. The smallest absolute Gasteiger partial charge is 0.311 e. The molecular formula is C20H24O4. The maximum atomic E-state index is 12.2. The second kappa shape index (κ2) is 6.58. The average molecular weight is 328 g/mol. The van der Waals surface area contributed by atoms with Gasteiger partial charge in [-0.2, -0.15) is 0 Å². The van der Waals surface area contributed by atoms with Gasteiger partial charge >= 0.3 is 11.9 Å². The molecule has 2 bridgehead atoms. The molecule has 4 rings (SSSR count). The highest BCUT2D eigenvalue weighted by atomic mass is 16.5. The second-order valence-electron chi connectivity index (χ2n) is 7.61. The lowest BCUT2D eigenvalue weighted by Crippen LogP contribution is -2.18. The molecule has 0 unspecified atom stereocenters. The third kappa shape index (κ3) is 3.47. The summed E-state index contributed by atoms with van der Waals surface area (Å²) in [6, 6.07) is 7.58. The van der Waals surface area contributed by atoms with Crippen LogP contribution in [0.5, 0.6) is 5.75 Å². The first-order chi connectivity index (χ1) is 11.7. The average Bonchev–Trinajstić information content (AvgIpc) is 3.26. The van der Waals surface area contributed by atoms with E-state index in [0.717, 1.165) is 30.2 Å². The summed E-state index contributed by atoms with van der Waals surface area (Å²) >= 11 is 0. The summed E-state index contributed by atoms with van der Waals surface area (Å²) in [6.07, 6.45) is 7.76. The van der Waals surface area contributed by atoms with E-state index in [9.17, 15) is 9.59 Å². The third-order valence-corrected chi connectivity index (χ3v) is 5.90. The predicted molar refractivity (Wildman–Crippen MR) is 88.5 cm³/mol. The molecule has 128 valence electrons. The van der Waals surface area contributed by atoms with Crippen LogP contribution in [0.1, 0.15) is 50.5 Å². The zero-order valence-corrected chi connectivity index (χ0v) is 13.9. The molecule has 0 aromatic heterocycles. The van der Waals surface area contributed by atoms with E-state index < -0.39 is 0 Å². The summed E-state index contributed by atoms with van der Waals surface area (Å²) in [5.41, 5.74) is 1.10. The van der Waals surface area contributed by atoms with Gasteiger partial charge in [0.2, 0.25) is 0 Å². The second-order valence-corrected chi connectivity index (χ2v) is 7.61. The van der Waals surface area contributed by atoms with Crippen LogP contribution in [0.4, 0.5) is 0 Å². The normalized spacial score (nSPS) is 31.2. The molecule has 3 aliphatic rings. The van der Waals surface area contributed by atoms with E-state index in [4.69, 9.17) is 9.47 Å². The van der Waals surface area contributed by atoms with Crippen LogP contribution in [0.3, 0.4) is 0 Å². The van der Waals surface area contributed by atoms with Gasteiger partial charge in [-0.05, 0) is 61.1 Å². The Balaban J connectivity index is 1.27. The van der Waals surface area contributed by atoms with E-state index in [1.54, 1.807) is 0 Å². The first kappa shape index (κ1) is 15.7. The molecule has 2 saturated carbocycles. The molecule has 0 N–H and O–H groups in total. The first-order valence-corrected chi connectivity index (χ1v) is 9.15. The summed E-state index contributed by atoms with van der Waals surface area (Å²) < 4.78 is 10.7. The molecule has 0 amide bonds. The van der Waals surface area contributed by atoms with Crippen molar-refractivity contribution >= 4 is 11.9 Å². The van der Waals surface area contributed by atoms with Crippen molar-refractivity contribution in [3.05, 3.63) is 29.8 Å². The fourth-order valence-electron chi connectivity index (χ4n) is 4.70. The van der Waals surface area contributed by atoms with Gasteiger partial charge in [0.05, 0.1) is 0 Å². The van der Waals surface area contributed by atoms with Crippen molar-refractivity contribution in [1.82, 2.24) is 0 Å². The summed E-state index contributed by atoms with van der Waals surface area (Å²) in [5.74, 6) is 2.54. The fraction of sp³-hybridized carbons (Fsp3) is 0.600. The van der Waals surface area contributed by atoms with Gasteiger partial charge < -0.3 is 9.47 Å². The molecule has 1 aliphatic heterocycles. The van der Waals surface area contributed by atoms with E-state index in [1.165, 1.54) is 25.7 Å². The Kier molecular flexibility index (Phi) is 4.30.